The standard InChI is InChI=1S/C11H22O7Si/c1-5-6-7-11(10(14)15,8-9(12)13)19(16-2,17-3)18-4/h5-8H2,1-4H3,(H,12,13)(H,14,15). The lowest BCUT2D eigenvalue weighted by Crippen LogP contribution is -2.58. The molecule has 0 saturated heterocycles. The molecule has 1 atom stereocenters. The number of carboxylic acids is 2. The normalized spacial score (nSPS) is 14.9. The van der Waals surface area contributed by atoms with Gasteiger partial charge in [0.15, 0.2) is 0 Å². The predicted molar refractivity (Wildman–Crippen MR) is 68.9 cm³/mol. The molecule has 8 heteroatoms. The Morgan fingerprint density at radius 1 is 1.11 bits per heavy atom. The van der Waals surface area contributed by atoms with E-state index in [2.05, 4.69) is 0 Å². The average molecular weight is 294 g/mol. The smallest absolute Gasteiger partial charge is 0.481 e. The van der Waals surface area contributed by atoms with Gasteiger partial charge in [-0.15, -0.1) is 0 Å². The highest BCUT2D eigenvalue weighted by molar-refractivity contribution is 6.68. The van der Waals surface area contributed by atoms with Gasteiger partial charge in [-0.05, 0) is 6.42 Å². The van der Waals surface area contributed by atoms with Gasteiger partial charge in [0.25, 0.3) is 0 Å². The molecule has 7 nitrogen and oxygen atoms in total. The molecular weight excluding hydrogens is 272 g/mol. The van der Waals surface area contributed by atoms with Crippen molar-refractivity contribution in [1.29, 1.82) is 0 Å². The van der Waals surface area contributed by atoms with Crippen LogP contribution in [0.3, 0.4) is 0 Å². The van der Waals surface area contributed by atoms with Crippen LogP contribution >= 0.6 is 0 Å². The van der Waals surface area contributed by atoms with E-state index in [9.17, 15) is 14.7 Å². The molecular formula is C11H22O7Si. The first-order valence-electron chi connectivity index (χ1n) is 5.96. The summed E-state index contributed by atoms with van der Waals surface area (Å²) in [6.07, 6.45) is 0.817. The Morgan fingerprint density at radius 3 is 1.84 bits per heavy atom. The molecule has 2 N–H and O–H groups in total. The number of unbranched alkanes of at least 4 members (excludes halogenated alkanes) is 1. The maximum absolute atomic E-state index is 11.7. The summed E-state index contributed by atoms with van der Waals surface area (Å²) in [6, 6.07) is 0. The fraction of sp³-hybridized carbons (Fsp3) is 0.818. The van der Waals surface area contributed by atoms with E-state index in [0.717, 1.165) is 6.42 Å². The number of rotatable bonds is 10. The van der Waals surface area contributed by atoms with E-state index in [1.165, 1.54) is 21.3 Å². The first kappa shape index (κ1) is 18.0. The summed E-state index contributed by atoms with van der Waals surface area (Å²) < 4.78 is 15.6. The Balaban J connectivity index is 5.77. The van der Waals surface area contributed by atoms with Crippen LogP contribution < -0.4 is 0 Å². The van der Waals surface area contributed by atoms with Crippen LogP contribution in [0.4, 0.5) is 0 Å². The molecule has 0 amide bonds. The van der Waals surface area contributed by atoms with Gasteiger partial charge in [0.05, 0.1) is 6.42 Å². The van der Waals surface area contributed by atoms with E-state index >= 15 is 0 Å². The second-order valence-electron chi connectivity index (χ2n) is 4.23. The van der Waals surface area contributed by atoms with E-state index in [1.807, 2.05) is 6.92 Å². The largest absolute Gasteiger partial charge is 0.518 e. The second kappa shape index (κ2) is 7.58. The minimum atomic E-state index is -3.64. The van der Waals surface area contributed by atoms with Gasteiger partial charge in [-0.25, -0.2) is 0 Å². The molecule has 0 rings (SSSR count). The van der Waals surface area contributed by atoms with Gasteiger partial charge in [0.2, 0.25) is 0 Å². The van der Waals surface area contributed by atoms with Gasteiger partial charge in [-0.3, -0.25) is 9.59 Å². The van der Waals surface area contributed by atoms with Gasteiger partial charge in [0, 0.05) is 21.3 Å². The monoisotopic (exact) mass is 294 g/mol. The fourth-order valence-corrected chi connectivity index (χ4v) is 5.02. The molecule has 0 radical (unpaired) electrons. The van der Waals surface area contributed by atoms with Gasteiger partial charge in [-0.2, -0.15) is 0 Å². The van der Waals surface area contributed by atoms with E-state index in [-0.39, 0.29) is 6.42 Å². The quantitative estimate of drug-likeness (QED) is 0.586. The molecule has 0 heterocycles. The summed E-state index contributed by atoms with van der Waals surface area (Å²) in [7, 11) is 0.207. The number of carbonyl (C=O) groups is 2. The molecule has 0 bridgehead atoms. The van der Waals surface area contributed by atoms with Crippen LogP contribution in [-0.2, 0) is 22.9 Å². The van der Waals surface area contributed by atoms with Crippen molar-refractivity contribution < 1.29 is 33.1 Å². The third-order valence-electron chi connectivity index (χ3n) is 3.21. The van der Waals surface area contributed by atoms with E-state index in [0.29, 0.717) is 6.42 Å². The van der Waals surface area contributed by atoms with Crippen LogP contribution in [0.1, 0.15) is 32.6 Å². The molecule has 0 saturated carbocycles. The average Bonchev–Trinajstić information content (AvgIpc) is 2.37. The minimum absolute atomic E-state index is 0.132. The maximum Gasteiger partial charge on any atom is 0.518 e. The third-order valence-corrected chi connectivity index (χ3v) is 6.64. The zero-order chi connectivity index (χ0) is 15.1. The van der Waals surface area contributed by atoms with Crippen molar-refractivity contribution in [2.24, 2.45) is 0 Å². The summed E-state index contributed by atoms with van der Waals surface area (Å²) in [5.41, 5.74) is 0. The Hall–Kier alpha value is -0.963. The van der Waals surface area contributed by atoms with E-state index < -0.39 is 32.2 Å². The highest BCUT2D eigenvalue weighted by Gasteiger charge is 2.65. The van der Waals surface area contributed by atoms with Crippen LogP contribution in [0.15, 0.2) is 0 Å². The summed E-state index contributed by atoms with van der Waals surface area (Å²) in [6.45, 7) is 1.89. The lowest BCUT2D eigenvalue weighted by atomic mass is 9.97. The van der Waals surface area contributed by atoms with Crippen molar-refractivity contribution in [3.8, 4) is 0 Å². The minimum Gasteiger partial charge on any atom is -0.481 e. The Morgan fingerprint density at radius 2 is 1.58 bits per heavy atom. The highest BCUT2D eigenvalue weighted by atomic mass is 28.4. The molecule has 19 heavy (non-hydrogen) atoms. The maximum atomic E-state index is 11.7. The molecule has 1 unspecified atom stereocenters. The van der Waals surface area contributed by atoms with Crippen molar-refractivity contribution in [2.45, 2.75) is 37.6 Å². The van der Waals surface area contributed by atoms with Crippen molar-refractivity contribution >= 4 is 20.7 Å². The topological polar surface area (TPSA) is 102 Å². The molecule has 0 fully saturated rings. The molecule has 0 aliphatic rings. The predicted octanol–water partition coefficient (Wildman–Crippen LogP) is 1.35. The second-order valence-corrected chi connectivity index (χ2v) is 7.52. The number of aliphatic carboxylic acids is 2. The van der Waals surface area contributed by atoms with Crippen molar-refractivity contribution in [3.63, 3.8) is 0 Å². The van der Waals surface area contributed by atoms with Gasteiger partial charge in [0.1, 0.15) is 5.04 Å². The van der Waals surface area contributed by atoms with Crippen molar-refractivity contribution in [3.05, 3.63) is 0 Å². The Labute approximate surface area is 113 Å². The van der Waals surface area contributed by atoms with Crippen molar-refractivity contribution in [1.82, 2.24) is 0 Å². The van der Waals surface area contributed by atoms with Crippen LogP contribution in [0.25, 0.3) is 0 Å². The summed E-state index contributed by atoms with van der Waals surface area (Å²) in [5.74, 6) is -2.48. The molecule has 0 aromatic heterocycles. The Bertz CT molecular complexity index is 308. The zero-order valence-electron chi connectivity index (χ0n) is 11.8. The van der Waals surface area contributed by atoms with Crippen LogP contribution in [-0.4, -0.2) is 52.3 Å². The van der Waals surface area contributed by atoms with Crippen LogP contribution in [0.2, 0.25) is 5.04 Å². The zero-order valence-corrected chi connectivity index (χ0v) is 12.8. The molecule has 112 valence electrons. The van der Waals surface area contributed by atoms with Crippen LogP contribution in [0.5, 0.6) is 0 Å². The first-order valence-corrected chi connectivity index (χ1v) is 7.69. The van der Waals surface area contributed by atoms with Crippen molar-refractivity contribution in [2.75, 3.05) is 21.3 Å². The van der Waals surface area contributed by atoms with Gasteiger partial charge < -0.3 is 23.5 Å². The SMILES string of the molecule is CCCCC(CC(=O)O)(C(=O)O)[Si](OC)(OC)OC. The van der Waals surface area contributed by atoms with E-state index in [1.54, 1.807) is 0 Å². The lowest BCUT2D eigenvalue weighted by molar-refractivity contribution is -0.150. The molecule has 0 spiro atoms. The van der Waals surface area contributed by atoms with Gasteiger partial charge in [-0.1, -0.05) is 19.8 Å². The molecule has 0 aliphatic heterocycles. The first-order chi connectivity index (χ1) is 8.85. The number of carboxylic acid groups (broad SMARTS) is 2. The fourth-order valence-electron chi connectivity index (χ4n) is 2.24. The number of hydrogen-bond donors (Lipinski definition) is 2. The van der Waals surface area contributed by atoms with E-state index in [4.69, 9.17) is 18.4 Å². The molecule has 0 aliphatic carbocycles. The third kappa shape index (κ3) is 3.53. The number of hydrogen-bond acceptors (Lipinski definition) is 5. The Kier molecular flexibility index (Phi) is 7.20. The molecule has 0 aromatic carbocycles. The lowest BCUT2D eigenvalue weighted by Gasteiger charge is -2.39. The summed E-state index contributed by atoms with van der Waals surface area (Å²) >= 11 is 0. The van der Waals surface area contributed by atoms with Crippen LogP contribution in [0, 0.1) is 0 Å². The highest BCUT2D eigenvalue weighted by Crippen LogP contribution is 2.47. The summed E-state index contributed by atoms with van der Waals surface area (Å²) in [4.78, 5) is 22.8. The molecule has 0 aromatic rings. The summed E-state index contributed by atoms with van der Waals surface area (Å²) in [5, 5.41) is 16.9. The van der Waals surface area contributed by atoms with Gasteiger partial charge >= 0.3 is 20.7 Å².